The molecule has 1 aromatic rings. The second-order valence-corrected chi connectivity index (χ2v) is 16.0. The Kier molecular flexibility index (Phi) is 8.05. The lowest BCUT2D eigenvalue weighted by Crippen LogP contribution is -2.50. The second-order valence-electron chi connectivity index (χ2n) is 13.5. The number of pyridine rings is 1. The zero-order chi connectivity index (χ0) is 24.6. The third kappa shape index (κ3) is 5.16. The minimum absolute atomic E-state index is 0.470. The molecule has 3 heteroatoms. The monoisotopic (exact) mass is 511 g/mol. The largest absolute Gasteiger partial charge is 0.249 e. The SMILES string of the molecule is CC(C)CCCC(C)C1CCC2C3CC=C4CC(SSc5ccccn5)CCC4(C)C3CCC12C. The fourth-order valence-electron chi connectivity index (χ4n) is 9.25. The molecule has 0 saturated heterocycles. The average molecular weight is 512 g/mol. The number of hydrogen-bond donors (Lipinski definition) is 0. The van der Waals surface area contributed by atoms with Crippen LogP contribution in [0.4, 0.5) is 0 Å². The highest BCUT2D eigenvalue weighted by molar-refractivity contribution is 8.76. The smallest absolute Gasteiger partial charge is 0.106 e. The highest BCUT2D eigenvalue weighted by Gasteiger charge is 2.59. The van der Waals surface area contributed by atoms with Crippen molar-refractivity contribution in [3.8, 4) is 0 Å². The van der Waals surface area contributed by atoms with Crippen molar-refractivity contribution in [2.45, 2.75) is 116 Å². The lowest BCUT2D eigenvalue weighted by Gasteiger charge is -2.58. The molecule has 8 unspecified atom stereocenters. The molecule has 5 rings (SSSR count). The summed E-state index contributed by atoms with van der Waals surface area (Å²) in [7, 11) is 3.96. The van der Waals surface area contributed by atoms with Crippen LogP contribution in [0.25, 0.3) is 0 Å². The summed E-state index contributed by atoms with van der Waals surface area (Å²) >= 11 is 0. The van der Waals surface area contributed by atoms with E-state index in [1.54, 1.807) is 0 Å². The zero-order valence-electron chi connectivity index (χ0n) is 23.0. The van der Waals surface area contributed by atoms with Crippen molar-refractivity contribution in [3.05, 3.63) is 36.0 Å². The number of hydrogen-bond acceptors (Lipinski definition) is 3. The van der Waals surface area contributed by atoms with E-state index in [9.17, 15) is 0 Å². The molecule has 0 aromatic carbocycles. The van der Waals surface area contributed by atoms with Crippen LogP contribution >= 0.6 is 21.6 Å². The molecule has 8 atom stereocenters. The molecule has 35 heavy (non-hydrogen) atoms. The van der Waals surface area contributed by atoms with Crippen molar-refractivity contribution < 1.29 is 0 Å². The Bertz CT molecular complexity index is 881. The van der Waals surface area contributed by atoms with Crippen LogP contribution in [0.15, 0.2) is 41.1 Å². The van der Waals surface area contributed by atoms with Crippen LogP contribution in [0.3, 0.4) is 0 Å². The highest BCUT2D eigenvalue weighted by Crippen LogP contribution is 2.67. The number of aromatic nitrogens is 1. The molecule has 194 valence electrons. The summed E-state index contributed by atoms with van der Waals surface area (Å²) in [6, 6.07) is 6.27. The maximum atomic E-state index is 4.52. The normalized spacial score (nSPS) is 39.5. The van der Waals surface area contributed by atoms with Gasteiger partial charge in [-0.15, -0.1) is 0 Å². The molecule has 1 aromatic heterocycles. The molecule has 0 aliphatic heterocycles. The predicted octanol–water partition coefficient (Wildman–Crippen LogP) is 10.2. The Balaban J connectivity index is 1.24. The van der Waals surface area contributed by atoms with Gasteiger partial charge < -0.3 is 0 Å². The molecule has 4 aliphatic carbocycles. The first kappa shape index (κ1) is 26.2. The van der Waals surface area contributed by atoms with Crippen molar-refractivity contribution in [2.75, 3.05) is 0 Å². The summed E-state index contributed by atoms with van der Waals surface area (Å²) < 4.78 is 0. The molecule has 3 saturated carbocycles. The molecule has 1 heterocycles. The van der Waals surface area contributed by atoms with Crippen LogP contribution in [0.1, 0.15) is 105 Å². The first-order valence-electron chi connectivity index (χ1n) is 14.7. The predicted molar refractivity (Wildman–Crippen MR) is 155 cm³/mol. The van der Waals surface area contributed by atoms with Crippen LogP contribution in [-0.2, 0) is 0 Å². The molecule has 0 spiro atoms. The van der Waals surface area contributed by atoms with Crippen LogP contribution < -0.4 is 0 Å². The van der Waals surface area contributed by atoms with E-state index >= 15 is 0 Å². The van der Waals surface area contributed by atoms with E-state index in [1.165, 1.54) is 70.6 Å². The number of rotatable bonds is 8. The third-order valence-electron chi connectivity index (χ3n) is 11.2. The minimum atomic E-state index is 0.470. The van der Waals surface area contributed by atoms with Crippen molar-refractivity contribution in [1.82, 2.24) is 4.98 Å². The molecule has 1 nitrogen and oxygen atoms in total. The Hall–Kier alpha value is -0.410. The van der Waals surface area contributed by atoms with Crippen molar-refractivity contribution in [2.24, 2.45) is 46.3 Å². The van der Waals surface area contributed by atoms with Gasteiger partial charge in [-0.3, -0.25) is 0 Å². The van der Waals surface area contributed by atoms with E-state index in [2.05, 4.69) is 68.6 Å². The fourth-order valence-corrected chi connectivity index (χ4v) is 11.7. The van der Waals surface area contributed by atoms with E-state index < -0.39 is 0 Å². The maximum Gasteiger partial charge on any atom is 0.106 e. The van der Waals surface area contributed by atoms with Crippen LogP contribution in [0.5, 0.6) is 0 Å². The summed E-state index contributed by atoms with van der Waals surface area (Å²) in [5.74, 6) is 5.59. The summed E-state index contributed by atoms with van der Waals surface area (Å²) in [6.45, 7) is 12.8. The van der Waals surface area contributed by atoms with E-state index in [0.717, 1.165) is 45.8 Å². The van der Waals surface area contributed by atoms with Gasteiger partial charge in [-0.1, -0.05) is 82.4 Å². The topological polar surface area (TPSA) is 12.9 Å². The number of fused-ring (bicyclic) bond motifs is 5. The van der Waals surface area contributed by atoms with Crippen LogP contribution in [0.2, 0.25) is 0 Å². The molecular formula is C32H49NS2. The molecular weight excluding hydrogens is 462 g/mol. The van der Waals surface area contributed by atoms with Crippen LogP contribution in [0, 0.1) is 46.3 Å². The van der Waals surface area contributed by atoms with Gasteiger partial charge in [0.25, 0.3) is 0 Å². The molecule has 0 N–H and O–H groups in total. The summed E-state index contributed by atoms with van der Waals surface area (Å²) in [4.78, 5) is 4.52. The van der Waals surface area contributed by atoms with Gasteiger partial charge in [0, 0.05) is 11.4 Å². The molecule has 0 radical (unpaired) electrons. The first-order valence-corrected chi connectivity index (χ1v) is 17.0. The van der Waals surface area contributed by atoms with Gasteiger partial charge in [0.2, 0.25) is 0 Å². The van der Waals surface area contributed by atoms with Gasteiger partial charge in [0.1, 0.15) is 5.03 Å². The number of allylic oxidation sites excluding steroid dienone is 2. The fraction of sp³-hybridized carbons (Fsp3) is 0.781. The molecule has 0 amide bonds. The van der Waals surface area contributed by atoms with Gasteiger partial charge >= 0.3 is 0 Å². The molecule has 3 fully saturated rings. The third-order valence-corrected chi connectivity index (χ3v) is 14.0. The Morgan fingerprint density at radius 3 is 2.63 bits per heavy atom. The van der Waals surface area contributed by atoms with Gasteiger partial charge in [-0.2, -0.15) is 0 Å². The lowest BCUT2D eigenvalue weighted by atomic mass is 9.47. The molecule has 0 bridgehead atoms. The van der Waals surface area contributed by atoms with Crippen molar-refractivity contribution >= 4 is 21.6 Å². The van der Waals surface area contributed by atoms with Gasteiger partial charge in [0.15, 0.2) is 0 Å². The Labute approximate surface area is 223 Å². The quantitative estimate of drug-likeness (QED) is 0.254. The van der Waals surface area contributed by atoms with Crippen molar-refractivity contribution in [3.63, 3.8) is 0 Å². The van der Waals surface area contributed by atoms with E-state index in [0.29, 0.717) is 10.8 Å². The lowest BCUT2D eigenvalue weighted by molar-refractivity contribution is -0.0497. The Morgan fingerprint density at radius 1 is 1.00 bits per heavy atom. The van der Waals surface area contributed by atoms with E-state index in [1.807, 2.05) is 28.6 Å². The maximum absolute atomic E-state index is 4.52. The highest BCUT2D eigenvalue weighted by atomic mass is 33.1. The van der Waals surface area contributed by atoms with E-state index in [4.69, 9.17) is 0 Å². The van der Waals surface area contributed by atoms with Gasteiger partial charge in [-0.05, 0) is 121 Å². The minimum Gasteiger partial charge on any atom is -0.249 e. The van der Waals surface area contributed by atoms with E-state index in [-0.39, 0.29) is 0 Å². The van der Waals surface area contributed by atoms with Gasteiger partial charge in [-0.25, -0.2) is 4.98 Å². The summed E-state index contributed by atoms with van der Waals surface area (Å²) in [6.07, 6.45) is 20.4. The molecule has 4 aliphatic rings. The standard InChI is InChI=1S/C32H49NS2/c1-22(2)9-8-10-23(3)27-14-15-28-26-13-12-24-21-25(34-35-30-11-6-7-20-33-30)16-18-31(24,4)29(26)17-19-32(27,28)5/h6-7,11-12,20,22-23,25-29H,8-10,13-19,21H2,1-5H3. The van der Waals surface area contributed by atoms with Crippen molar-refractivity contribution in [1.29, 1.82) is 0 Å². The second kappa shape index (κ2) is 10.8. The van der Waals surface area contributed by atoms with Gasteiger partial charge in [0.05, 0.1) is 0 Å². The zero-order valence-corrected chi connectivity index (χ0v) is 24.6. The number of nitrogens with zero attached hydrogens (tertiary/aromatic N) is 1. The van der Waals surface area contributed by atoms with Crippen LogP contribution in [-0.4, -0.2) is 10.2 Å². The average Bonchev–Trinajstić information content (AvgIpc) is 3.20. The Morgan fingerprint density at radius 2 is 1.86 bits per heavy atom. The summed E-state index contributed by atoms with van der Waals surface area (Å²) in [5, 5.41) is 1.90. The summed E-state index contributed by atoms with van der Waals surface area (Å²) in [5.41, 5.74) is 2.90. The first-order chi connectivity index (χ1) is 16.8.